The molecule has 0 spiro atoms. The first-order chi connectivity index (χ1) is 11.2. The number of aromatic nitrogens is 4. The highest BCUT2D eigenvalue weighted by molar-refractivity contribution is 5.34. The van der Waals surface area contributed by atoms with Gasteiger partial charge in [-0.2, -0.15) is 0 Å². The second kappa shape index (κ2) is 7.46. The molecule has 3 heterocycles. The van der Waals surface area contributed by atoms with Crippen molar-refractivity contribution in [1.29, 1.82) is 0 Å². The molecule has 2 aromatic heterocycles. The van der Waals surface area contributed by atoms with Crippen molar-refractivity contribution in [2.24, 2.45) is 5.92 Å². The molecule has 2 aromatic rings. The minimum atomic E-state index is 0.666. The van der Waals surface area contributed by atoms with E-state index in [1.807, 2.05) is 26.2 Å². The number of rotatable bonds is 5. The third-order valence-corrected chi connectivity index (χ3v) is 4.34. The van der Waals surface area contributed by atoms with E-state index in [0.29, 0.717) is 5.92 Å². The number of nitrogens with one attached hydrogen (secondary N) is 1. The molecule has 23 heavy (non-hydrogen) atoms. The first-order valence-electron chi connectivity index (χ1n) is 8.22. The number of hydrogen-bond acceptors (Lipinski definition) is 6. The van der Waals surface area contributed by atoms with Crippen molar-refractivity contribution in [3.05, 3.63) is 41.9 Å². The SMILES string of the molecule is CNc1cc(C)nc(CC2CCN(Cc3cnccn3)CC2)n1. The van der Waals surface area contributed by atoms with E-state index in [0.717, 1.165) is 49.1 Å². The predicted molar refractivity (Wildman–Crippen MR) is 90.1 cm³/mol. The number of aryl methyl sites for hydroxylation is 1. The summed E-state index contributed by atoms with van der Waals surface area (Å²) in [6.07, 6.45) is 8.67. The molecule has 0 unspecified atom stereocenters. The molecule has 0 aromatic carbocycles. The van der Waals surface area contributed by atoms with Gasteiger partial charge in [0.05, 0.1) is 5.69 Å². The Balaban J connectivity index is 1.52. The molecule has 1 aliphatic rings. The summed E-state index contributed by atoms with van der Waals surface area (Å²) in [6, 6.07) is 1.98. The fourth-order valence-corrected chi connectivity index (χ4v) is 3.10. The molecular weight excluding hydrogens is 288 g/mol. The molecular formula is C17H24N6. The van der Waals surface area contributed by atoms with Crippen LogP contribution in [0, 0.1) is 12.8 Å². The predicted octanol–water partition coefficient (Wildman–Crippen LogP) is 2.07. The monoisotopic (exact) mass is 312 g/mol. The van der Waals surface area contributed by atoms with E-state index in [9.17, 15) is 0 Å². The molecule has 6 heteroatoms. The van der Waals surface area contributed by atoms with Gasteiger partial charge in [-0.05, 0) is 38.8 Å². The van der Waals surface area contributed by atoms with Crippen molar-refractivity contribution in [1.82, 2.24) is 24.8 Å². The molecule has 0 saturated carbocycles. The van der Waals surface area contributed by atoms with Crippen LogP contribution in [-0.2, 0) is 13.0 Å². The van der Waals surface area contributed by atoms with Crippen molar-refractivity contribution in [2.75, 3.05) is 25.5 Å². The quantitative estimate of drug-likeness (QED) is 0.911. The molecule has 0 aliphatic carbocycles. The Hall–Kier alpha value is -2.08. The molecule has 0 radical (unpaired) electrons. The average Bonchev–Trinajstić information content (AvgIpc) is 2.57. The highest BCUT2D eigenvalue weighted by Crippen LogP contribution is 2.22. The highest BCUT2D eigenvalue weighted by Gasteiger charge is 2.21. The van der Waals surface area contributed by atoms with Crippen molar-refractivity contribution in [3.8, 4) is 0 Å². The van der Waals surface area contributed by atoms with Gasteiger partial charge in [-0.3, -0.25) is 14.9 Å². The van der Waals surface area contributed by atoms with E-state index >= 15 is 0 Å². The van der Waals surface area contributed by atoms with Gasteiger partial charge < -0.3 is 5.32 Å². The second-order valence-corrected chi connectivity index (χ2v) is 6.18. The van der Waals surface area contributed by atoms with Crippen LogP contribution in [0.15, 0.2) is 24.7 Å². The molecule has 1 aliphatic heterocycles. The van der Waals surface area contributed by atoms with Crippen LogP contribution in [0.5, 0.6) is 0 Å². The maximum absolute atomic E-state index is 4.58. The van der Waals surface area contributed by atoms with Gasteiger partial charge in [-0.1, -0.05) is 0 Å². The van der Waals surface area contributed by atoms with Crippen LogP contribution in [0.1, 0.15) is 30.1 Å². The van der Waals surface area contributed by atoms with Crippen LogP contribution in [0.2, 0.25) is 0 Å². The molecule has 122 valence electrons. The van der Waals surface area contributed by atoms with Crippen LogP contribution in [0.4, 0.5) is 5.82 Å². The minimum Gasteiger partial charge on any atom is -0.373 e. The van der Waals surface area contributed by atoms with Crippen LogP contribution in [0.3, 0.4) is 0 Å². The molecule has 1 fully saturated rings. The zero-order valence-corrected chi connectivity index (χ0v) is 13.9. The summed E-state index contributed by atoms with van der Waals surface area (Å²) in [6.45, 7) is 5.12. The lowest BCUT2D eigenvalue weighted by atomic mass is 9.93. The van der Waals surface area contributed by atoms with Crippen molar-refractivity contribution < 1.29 is 0 Å². The van der Waals surface area contributed by atoms with Gasteiger partial charge in [0.15, 0.2) is 0 Å². The average molecular weight is 312 g/mol. The lowest BCUT2D eigenvalue weighted by molar-refractivity contribution is 0.174. The van der Waals surface area contributed by atoms with Crippen LogP contribution < -0.4 is 5.32 Å². The van der Waals surface area contributed by atoms with E-state index in [4.69, 9.17) is 0 Å². The molecule has 1 saturated heterocycles. The van der Waals surface area contributed by atoms with Crippen LogP contribution in [0.25, 0.3) is 0 Å². The first-order valence-corrected chi connectivity index (χ1v) is 8.22. The van der Waals surface area contributed by atoms with Gasteiger partial charge in [0.25, 0.3) is 0 Å². The van der Waals surface area contributed by atoms with Crippen molar-refractivity contribution >= 4 is 5.82 Å². The summed E-state index contributed by atoms with van der Waals surface area (Å²) in [5.41, 5.74) is 2.08. The van der Waals surface area contributed by atoms with Gasteiger partial charge in [-0.15, -0.1) is 0 Å². The number of piperidine rings is 1. The van der Waals surface area contributed by atoms with E-state index in [2.05, 4.69) is 30.2 Å². The number of likely N-dealkylation sites (tertiary alicyclic amines) is 1. The number of nitrogens with zero attached hydrogens (tertiary/aromatic N) is 5. The van der Waals surface area contributed by atoms with Gasteiger partial charge in [-0.25, -0.2) is 9.97 Å². The summed E-state index contributed by atoms with van der Waals surface area (Å²) in [4.78, 5) is 20.1. The summed E-state index contributed by atoms with van der Waals surface area (Å²) in [7, 11) is 1.90. The summed E-state index contributed by atoms with van der Waals surface area (Å²) in [5, 5.41) is 3.11. The summed E-state index contributed by atoms with van der Waals surface area (Å²) >= 11 is 0. The van der Waals surface area contributed by atoms with Crippen molar-refractivity contribution in [3.63, 3.8) is 0 Å². The summed E-state index contributed by atoms with van der Waals surface area (Å²) < 4.78 is 0. The maximum Gasteiger partial charge on any atom is 0.131 e. The molecule has 0 atom stereocenters. The molecule has 1 N–H and O–H groups in total. The largest absolute Gasteiger partial charge is 0.373 e. The topological polar surface area (TPSA) is 66.8 Å². The Kier molecular flexibility index (Phi) is 5.12. The Morgan fingerprint density at radius 1 is 1.22 bits per heavy atom. The normalized spacial score (nSPS) is 16.4. The second-order valence-electron chi connectivity index (χ2n) is 6.18. The van der Waals surface area contributed by atoms with Gasteiger partial charge in [0, 0.05) is 50.4 Å². The number of anilines is 1. The van der Waals surface area contributed by atoms with Gasteiger partial charge in [0.2, 0.25) is 0 Å². The third kappa shape index (κ3) is 4.45. The fraction of sp³-hybridized carbons (Fsp3) is 0.529. The van der Waals surface area contributed by atoms with E-state index in [-0.39, 0.29) is 0 Å². The third-order valence-electron chi connectivity index (χ3n) is 4.34. The lowest BCUT2D eigenvalue weighted by Crippen LogP contribution is -2.34. The fourth-order valence-electron chi connectivity index (χ4n) is 3.10. The van der Waals surface area contributed by atoms with E-state index in [1.54, 1.807) is 12.4 Å². The van der Waals surface area contributed by atoms with Crippen LogP contribution >= 0.6 is 0 Å². The molecule has 0 amide bonds. The van der Waals surface area contributed by atoms with E-state index < -0.39 is 0 Å². The van der Waals surface area contributed by atoms with Crippen LogP contribution in [-0.4, -0.2) is 45.0 Å². The number of hydrogen-bond donors (Lipinski definition) is 1. The molecule has 6 nitrogen and oxygen atoms in total. The maximum atomic E-state index is 4.58. The Morgan fingerprint density at radius 3 is 2.74 bits per heavy atom. The standard InChI is InChI=1S/C17H24N6/c1-13-9-16(18-2)22-17(21-13)10-14-3-7-23(8-4-14)12-15-11-19-5-6-20-15/h5-6,9,11,14H,3-4,7-8,10,12H2,1-2H3,(H,18,21,22). The van der Waals surface area contributed by atoms with Crippen molar-refractivity contribution in [2.45, 2.75) is 32.7 Å². The van der Waals surface area contributed by atoms with Gasteiger partial charge in [0.1, 0.15) is 11.6 Å². The lowest BCUT2D eigenvalue weighted by Gasteiger charge is -2.31. The smallest absolute Gasteiger partial charge is 0.131 e. The van der Waals surface area contributed by atoms with E-state index in [1.165, 1.54) is 12.8 Å². The molecule has 0 bridgehead atoms. The zero-order chi connectivity index (χ0) is 16.1. The summed E-state index contributed by atoms with van der Waals surface area (Å²) in [5.74, 6) is 2.54. The Labute approximate surface area is 137 Å². The molecule has 3 rings (SSSR count). The Morgan fingerprint density at radius 2 is 2.04 bits per heavy atom. The Bertz CT molecular complexity index is 622. The highest BCUT2D eigenvalue weighted by atomic mass is 15.1. The minimum absolute atomic E-state index is 0.666. The van der Waals surface area contributed by atoms with Gasteiger partial charge >= 0.3 is 0 Å². The zero-order valence-electron chi connectivity index (χ0n) is 13.9. The first kappa shape index (κ1) is 15.8.